The van der Waals surface area contributed by atoms with Gasteiger partial charge in [-0.2, -0.15) is 0 Å². The highest BCUT2D eigenvalue weighted by atomic mass is 16.3. The van der Waals surface area contributed by atoms with Crippen molar-refractivity contribution >= 4 is 65.3 Å². The van der Waals surface area contributed by atoms with Gasteiger partial charge in [0.1, 0.15) is 11.2 Å². The zero-order valence-electron chi connectivity index (χ0n) is 20.5. The van der Waals surface area contributed by atoms with E-state index in [1.807, 2.05) is 0 Å². The lowest BCUT2D eigenvalue weighted by atomic mass is 9.92. The predicted molar refractivity (Wildman–Crippen MR) is 160 cm³/mol. The fourth-order valence-electron chi connectivity index (χ4n) is 6.59. The van der Waals surface area contributed by atoms with E-state index in [-0.39, 0.29) is 0 Å². The molecule has 0 radical (unpaired) electrons. The second-order valence-electron chi connectivity index (χ2n) is 10.1. The van der Waals surface area contributed by atoms with Crippen LogP contribution in [0.25, 0.3) is 82.1 Å². The molecule has 2 heteroatoms. The molecule has 0 atom stereocenters. The van der Waals surface area contributed by atoms with Gasteiger partial charge in [0, 0.05) is 21.8 Å². The molecule has 0 aliphatic heterocycles. The van der Waals surface area contributed by atoms with E-state index >= 15 is 0 Å². The minimum absolute atomic E-state index is 0.920. The van der Waals surface area contributed by atoms with Gasteiger partial charge in [-0.15, -0.1) is 0 Å². The minimum Gasteiger partial charge on any atom is -0.456 e. The Balaban J connectivity index is 1.58. The predicted octanol–water partition coefficient (Wildman–Crippen LogP) is 10.1. The van der Waals surface area contributed by atoms with Crippen LogP contribution < -0.4 is 0 Å². The van der Waals surface area contributed by atoms with Crippen molar-refractivity contribution < 1.29 is 4.42 Å². The Morgan fingerprint density at radius 2 is 1.03 bits per heavy atom. The molecule has 0 N–H and O–H groups in total. The van der Waals surface area contributed by atoms with Crippen molar-refractivity contribution in [3.05, 3.63) is 127 Å². The smallest absolute Gasteiger partial charge is 0.137 e. The van der Waals surface area contributed by atoms with Gasteiger partial charge in [-0.25, -0.2) is 0 Å². The molecule has 9 rings (SSSR count). The molecule has 0 aliphatic carbocycles. The van der Waals surface area contributed by atoms with E-state index in [9.17, 15) is 0 Å². The molecule has 0 fully saturated rings. The molecule has 38 heavy (non-hydrogen) atoms. The maximum Gasteiger partial charge on any atom is 0.137 e. The first kappa shape index (κ1) is 20.0. The molecule has 2 aromatic heterocycles. The normalized spacial score (nSPS) is 12.2. The Morgan fingerprint density at radius 1 is 0.395 bits per heavy atom. The summed E-state index contributed by atoms with van der Waals surface area (Å²) in [6.45, 7) is 0. The van der Waals surface area contributed by atoms with E-state index in [2.05, 4.69) is 132 Å². The van der Waals surface area contributed by atoms with Crippen LogP contribution >= 0.6 is 0 Å². The molecule has 0 aliphatic rings. The van der Waals surface area contributed by atoms with Crippen molar-refractivity contribution in [1.29, 1.82) is 0 Å². The largest absolute Gasteiger partial charge is 0.456 e. The zero-order valence-corrected chi connectivity index (χ0v) is 20.5. The third kappa shape index (κ3) is 2.51. The van der Waals surface area contributed by atoms with E-state index in [0.717, 1.165) is 22.4 Å². The quantitative estimate of drug-likeness (QED) is 0.224. The number of aromatic nitrogens is 1. The van der Waals surface area contributed by atoms with Gasteiger partial charge in [-0.05, 0) is 75.1 Å². The molecule has 0 bridgehead atoms. The van der Waals surface area contributed by atoms with Crippen LogP contribution in [0.5, 0.6) is 0 Å². The Morgan fingerprint density at radius 3 is 1.87 bits per heavy atom. The summed E-state index contributed by atoms with van der Waals surface area (Å²) in [5.74, 6) is 0. The topological polar surface area (TPSA) is 18.1 Å². The lowest BCUT2D eigenvalue weighted by Crippen LogP contribution is -1.98. The van der Waals surface area contributed by atoms with Crippen LogP contribution in [0.3, 0.4) is 0 Å². The first-order valence-corrected chi connectivity index (χ1v) is 13.0. The van der Waals surface area contributed by atoms with E-state index in [4.69, 9.17) is 4.42 Å². The maximum absolute atomic E-state index is 6.48. The number of hydrogen-bond donors (Lipinski definition) is 0. The van der Waals surface area contributed by atoms with Crippen molar-refractivity contribution in [3.63, 3.8) is 0 Å². The van der Waals surface area contributed by atoms with Crippen LogP contribution in [-0.2, 0) is 0 Å². The van der Waals surface area contributed by atoms with Crippen LogP contribution in [0, 0.1) is 0 Å². The van der Waals surface area contributed by atoms with Gasteiger partial charge >= 0.3 is 0 Å². The lowest BCUT2D eigenvalue weighted by Gasteiger charge is -2.16. The Kier molecular flexibility index (Phi) is 3.82. The van der Waals surface area contributed by atoms with Gasteiger partial charge in [0.2, 0.25) is 0 Å². The van der Waals surface area contributed by atoms with Crippen molar-refractivity contribution in [2.24, 2.45) is 0 Å². The molecule has 7 aromatic carbocycles. The van der Waals surface area contributed by atoms with Crippen LogP contribution in [0.1, 0.15) is 0 Å². The molecule has 0 saturated heterocycles. The number of furan rings is 1. The van der Waals surface area contributed by atoms with Gasteiger partial charge in [0.05, 0.1) is 16.4 Å². The third-order valence-electron chi connectivity index (χ3n) is 8.13. The number of hydrogen-bond acceptors (Lipinski definition) is 1. The SMILES string of the molecule is c1ccc(-c2cccc(-n3c4cccc5oc6ccc7c8ccccc8c8cccc3c8c7c6c54)c2)cc1. The van der Waals surface area contributed by atoms with Gasteiger partial charge in [0.15, 0.2) is 0 Å². The average Bonchev–Trinajstić information content (AvgIpc) is 3.31. The highest BCUT2D eigenvalue weighted by molar-refractivity contribution is 6.39. The van der Waals surface area contributed by atoms with Gasteiger partial charge < -0.3 is 8.98 Å². The molecule has 2 nitrogen and oxygen atoms in total. The van der Waals surface area contributed by atoms with E-state index < -0.39 is 0 Å². The van der Waals surface area contributed by atoms with Crippen molar-refractivity contribution in [1.82, 2.24) is 4.57 Å². The van der Waals surface area contributed by atoms with Crippen LogP contribution in [0.2, 0.25) is 0 Å². The van der Waals surface area contributed by atoms with Crippen molar-refractivity contribution in [3.8, 4) is 16.8 Å². The molecule has 0 unspecified atom stereocenters. The van der Waals surface area contributed by atoms with Gasteiger partial charge in [-0.1, -0.05) is 84.9 Å². The highest BCUT2D eigenvalue weighted by Gasteiger charge is 2.22. The van der Waals surface area contributed by atoms with E-state index in [1.54, 1.807) is 0 Å². The van der Waals surface area contributed by atoms with Crippen LogP contribution in [0.4, 0.5) is 0 Å². The average molecular weight is 484 g/mol. The van der Waals surface area contributed by atoms with Crippen molar-refractivity contribution in [2.45, 2.75) is 0 Å². The zero-order chi connectivity index (χ0) is 24.8. The summed E-state index contributed by atoms with van der Waals surface area (Å²) in [6.07, 6.45) is 0. The van der Waals surface area contributed by atoms with Crippen molar-refractivity contribution in [2.75, 3.05) is 0 Å². The lowest BCUT2D eigenvalue weighted by molar-refractivity contribution is 0.669. The van der Waals surface area contributed by atoms with Crippen LogP contribution in [-0.4, -0.2) is 4.57 Å². The highest BCUT2D eigenvalue weighted by Crippen LogP contribution is 2.47. The summed E-state index contributed by atoms with van der Waals surface area (Å²) in [5, 5.41) is 10.0. The van der Waals surface area contributed by atoms with E-state index in [0.29, 0.717) is 0 Å². The molecular weight excluding hydrogens is 462 g/mol. The number of rotatable bonds is 2. The summed E-state index contributed by atoms with van der Waals surface area (Å²) in [7, 11) is 0. The van der Waals surface area contributed by atoms with Gasteiger partial charge in [-0.3, -0.25) is 0 Å². The minimum atomic E-state index is 0.920. The second-order valence-corrected chi connectivity index (χ2v) is 10.1. The Labute approximate surface area is 218 Å². The first-order chi connectivity index (χ1) is 18.9. The second kappa shape index (κ2) is 7.24. The van der Waals surface area contributed by atoms with Gasteiger partial charge in [0.25, 0.3) is 0 Å². The molecule has 0 amide bonds. The standard InChI is InChI=1S/C36H21NO/c1-2-9-22(10-3-1)23-11-6-12-24(21-23)37-29-16-7-15-27-25-13-4-5-14-26(25)28-19-20-32-36(34(28)33(27)29)35-30(37)17-8-18-31(35)38-32/h1-21H. The number of nitrogens with zero attached hydrogens (tertiary/aromatic N) is 1. The molecule has 0 saturated carbocycles. The fourth-order valence-corrected chi connectivity index (χ4v) is 6.59. The summed E-state index contributed by atoms with van der Waals surface area (Å²) < 4.78 is 8.91. The maximum atomic E-state index is 6.48. The molecule has 9 aromatic rings. The first-order valence-electron chi connectivity index (χ1n) is 13.0. The Hall–Kier alpha value is -5.08. The summed E-state index contributed by atoms with van der Waals surface area (Å²) >= 11 is 0. The summed E-state index contributed by atoms with van der Waals surface area (Å²) in [5.41, 5.74) is 7.74. The summed E-state index contributed by atoms with van der Waals surface area (Å²) in [4.78, 5) is 0. The monoisotopic (exact) mass is 483 g/mol. The number of benzene rings is 7. The van der Waals surface area contributed by atoms with E-state index in [1.165, 1.54) is 59.7 Å². The molecule has 176 valence electrons. The molecular formula is C36H21NO. The summed E-state index contributed by atoms with van der Waals surface area (Å²) in [6, 6.07) is 45.8. The van der Waals surface area contributed by atoms with Crippen LogP contribution in [0.15, 0.2) is 132 Å². The fraction of sp³-hybridized carbons (Fsp3) is 0. The number of fused-ring (bicyclic) bond motifs is 3. The molecule has 0 spiro atoms. The molecule has 2 heterocycles. The third-order valence-corrected chi connectivity index (χ3v) is 8.13. The Bertz CT molecular complexity index is 2340.